The van der Waals surface area contributed by atoms with E-state index >= 15 is 0 Å². The van der Waals surface area contributed by atoms with E-state index in [1.54, 1.807) is 36.4 Å². The lowest BCUT2D eigenvalue weighted by molar-refractivity contribution is -0.123. The van der Waals surface area contributed by atoms with Crippen molar-refractivity contribution in [1.29, 1.82) is 5.26 Å². The third-order valence-corrected chi connectivity index (χ3v) is 4.64. The topological polar surface area (TPSA) is 86.3 Å². The molecule has 6 heteroatoms. The Labute approximate surface area is 167 Å². The Hall–Kier alpha value is -4.11. The summed E-state index contributed by atoms with van der Waals surface area (Å²) in [5, 5.41) is 11.5. The third kappa shape index (κ3) is 3.80. The molecule has 1 N–H and O–H groups in total. The number of furan rings is 1. The smallest absolute Gasteiger partial charge is 0.329 e. The summed E-state index contributed by atoms with van der Waals surface area (Å²) >= 11 is 0. The molecular formula is C23H17N3O3. The summed E-state index contributed by atoms with van der Waals surface area (Å²) in [7, 11) is 0. The molecule has 4 rings (SSSR count). The third-order valence-electron chi connectivity index (χ3n) is 4.64. The summed E-state index contributed by atoms with van der Waals surface area (Å²) in [4.78, 5) is 26.0. The largest absolute Gasteiger partial charge is 0.457 e. The van der Waals surface area contributed by atoms with Crippen LogP contribution >= 0.6 is 0 Å². The van der Waals surface area contributed by atoms with Crippen molar-refractivity contribution in [2.75, 3.05) is 0 Å². The second kappa shape index (κ2) is 7.49. The highest BCUT2D eigenvalue weighted by Crippen LogP contribution is 2.25. The number of rotatable bonds is 4. The Morgan fingerprint density at radius 2 is 1.76 bits per heavy atom. The zero-order valence-electron chi connectivity index (χ0n) is 15.7. The fourth-order valence-corrected chi connectivity index (χ4v) is 3.03. The molecule has 0 spiro atoms. The van der Waals surface area contributed by atoms with E-state index in [4.69, 9.17) is 9.68 Å². The normalized spacial score (nSPS) is 14.9. The fraction of sp³-hybridized carbons (Fsp3) is 0.0870. The van der Waals surface area contributed by atoms with E-state index in [0.29, 0.717) is 17.1 Å². The van der Waals surface area contributed by atoms with E-state index in [-0.39, 0.29) is 12.2 Å². The molecule has 3 amide bonds. The van der Waals surface area contributed by atoms with E-state index in [0.717, 1.165) is 16.7 Å². The molecule has 142 valence electrons. The molecule has 0 unspecified atom stereocenters. The van der Waals surface area contributed by atoms with Crippen molar-refractivity contribution in [3.05, 3.63) is 88.8 Å². The summed E-state index contributed by atoms with van der Waals surface area (Å²) in [6.45, 7) is 2.19. The average molecular weight is 383 g/mol. The number of carbonyl (C=O) groups excluding carboxylic acids is 2. The van der Waals surface area contributed by atoms with E-state index < -0.39 is 11.9 Å². The summed E-state index contributed by atoms with van der Waals surface area (Å²) in [6.07, 6.45) is 1.52. The summed E-state index contributed by atoms with van der Waals surface area (Å²) < 4.78 is 5.77. The first-order valence-corrected chi connectivity index (χ1v) is 9.04. The van der Waals surface area contributed by atoms with Crippen LogP contribution in [0.4, 0.5) is 4.79 Å². The first kappa shape index (κ1) is 18.3. The van der Waals surface area contributed by atoms with Crippen molar-refractivity contribution in [3.8, 4) is 17.4 Å². The molecule has 3 aromatic rings. The minimum atomic E-state index is -0.458. The van der Waals surface area contributed by atoms with Gasteiger partial charge in [-0.2, -0.15) is 5.26 Å². The standard InChI is InChI=1S/C23H17N3O3/c1-15-2-4-17(5-3-15)14-26-22(27)20(25-23(26)28)12-19-10-11-21(29-19)18-8-6-16(13-24)7-9-18/h2-12H,14H2,1H3,(H,25,28)/b20-12+. The molecule has 1 aliphatic rings. The van der Waals surface area contributed by atoms with Crippen LogP contribution < -0.4 is 5.32 Å². The van der Waals surface area contributed by atoms with Crippen LogP contribution in [0.15, 0.2) is 70.8 Å². The number of nitrogens with one attached hydrogen (secondary N) is 1. The van der Waals surface area contributed by atoms with E-state index in [1.807, 2.05) is 31.2 Å². The first-order chi connectivity index (χ1) is 14.0. The Morgan fingerprint density at radius 3 is 2.45 bits per heavy atom. The molecule has 2 aromatic carbocycles. The number of hydrogen-bond acceptors (Lipinski definition) is 4. The number of hydrogen-bond donors (Lipinski definition) is 1. The number of urea groups is 1. The van der Waals surface area contributed by atoms with Crippen LogP contribution in [-0.4, -0.2) is 16.8 Å². The van der Waals surface area contributed by atoms with E-state index in [1.165, 1.54) is 11.0 Å². The Bertz CT molecular complexity index is 1150. The van der Waals surface area contributed by atoms with Gasteiger partial charge in [0.25, 0.3) is 5.91 Å². The second-order valence-electron chi connectivity index (χ2n) is 6.76. The van der Waals surface area contributed by atoms with Gasteiger partial charge in [0.2, 0.25) is 0 Å². The molecular weight excluding hydrogens is 366 g/mol. The van der Waals surface area contributed by atoms with Crippen LogP contribution in [0.3, 0.4) is 0 Å². The van der Waals surface area contributed by atoms with Gasteiger partial charge in [-0.3, -0.25) is 9.69 Å². The van der Waals surface area contributed by atoms with Crippen LogP contribution in [-0.2, 0) is 11.3 Å². The number of benzene rings is 2. The lowest BCUT2D eigenvalue weighted by Crippen LogP contribution is -2.30. The first-order valence-electron chi connectivity index (χ1n) is 9.04. The predicted molar refractivity (Wildman–Crippen MR) is 107 cm³/mol. The van der Waals surface area contributed by atoms with Gasteiger partial charge in [-0.1, -0.05) is 29.8 Å². The Morgan fingerprint density at radius 1 is 1.03 bits per heavy atom. The van der Waals surface area contributed by atoms with Crippen molar-refractivity contribution in [2.45, 2.75) is 13.5 Å². The van der Waals surface area contributed by atoms with Crippen LogP contribution in [0.2, 0.25) is 0 Å². The Kier molecular flexibility index (Phi) is 4.71. The number of nitrogens with zero attached hydrogens (tertiary/aromatic N) is 2. The highest BCUT2D eigenvalue weighted by Gasteiger charge is 2.33. The zero-order valence-corrected chi connectivity index (χ0v) is 15.7. The number of nitriles is 1. The number of amides is 3. The predicted octanol–water partition coefficient (Wildman–Crippen LogP) is 4.22. The van der Waals surface area contributed by atoms with Gasteiger partial charge in [0.15, 0.2) is 0 Å². The number of imide groups is 1. The lowest BCUT2D eigenvalue weighted by Gasteiger charge is -2.11. The van der Waals surface area contributed by atoms with Crippen molar-refractivity contribution in [1.82, 2.24) is 10.2 Å². The zero-order chi connectivity index (χ0) is 20.4. The fourth-order valence-electron chi connectivity index (χ4n) is 3.03. The SMILES string of the molecule is Cc1ccc(CN2C(=O)N/C(=C/c3ccc(-c4ccc(C#N)cc4)o3)C2=O)cc1. The van der Waals surface area contributed by atoms with Crippen molar-refractivity contribution in [2.24, 2.45) is 0 Å². The maximum atomic E-state index is 12.6. The van der Waals surface area contributed by atoms with Gasteiger partial charge in [-0.25, -0.2) is 4.79 Å². The summed E-state index contributed by atoms with van der Waals surface area (Å²) in [5.41, 5.74) is 3.54. The molecule has 6 nitrogen and oxygen atoms in total. The maximum Gasteiger partial charge on any atom is 0.329 e. The minimum absolute atomic E-state index is 0.169. The highest BCUT2D eigenvalue weighted by atomic mass is 16.3. The molecule has 1 aliphatic heterocycles. The minimum Gasteiger partial charge on any atom is -0.457 e. The van der Waals surface area contributed by atoms with Crippen LogP contribution in [0.25, 0.3) is 17.4 Å². The quantitative estimate of drug-likeness (QED) is 0.540. The second-order valence-corrected chi connectivity index (χ2v) is 6.76. The maximum absolute atomic E-state index is 12.6. The average Bonchev–Trinajstić information content (AvgIpc) is 3.30. The van der Waals surface area contributed by atoms with Crippen molar-refractivity contribution < 1.29 is 14.0 Å². The highest BCUT2D eigenvalue weighted by molar-refractivity contribution is 6.13. The molecule has 1 aromatic heterocycles. The van der Waals surface area contributed by atoms with Gasteiger partial charge in [-0.05, 0) is 48.9 Å². The van der Waals surface area contributed by atoms with Gasteiger partial charge in [0.1, 0.15) is 17.2 Å². The van der Waals surface area contributed by atoms with Crippen LogP contribution in [0.5, 0.6) is 0 Å². The molecule has 29 heavy (non-hydrogen) atoms. The molecule has 0 saturated carbocycles. The van der Waals surface area contributed by atoms with Crippen LogP contribution in [0, 0.1) is 18.3 Å². The van der Waals surface area contributed by atoms with Crippen molar-refractivity contribution >= 4 is 18.0 Å². The number of carbonyl (C=O) groups is 2. The van der Waals surface area contributed by atoms with Crippen LogP contribution in [0.1, 0.15) is 22.5 Å². The Balaban J connectivity index is 1.52. The van der Waals surface area contributed by atoms with E-state index in [9.17, 15) is 9.59 Å². The van der Waals surface area contributed by atoms with E-state index in [2.05, 4.69) is 11.4 Å². The summed E-state index contributed by atoms with van der Waals surface area (Å²) in [5.74, 6) is 0.659. The van der Waals surface area contributed by atoms with Gasteiger partial charge in [0.05, 0.1) is 18.2 Å². The molecule has 0 radical (unpaired) electrons. The van der Waals surface area contributed by atoms with Gasteiger partial charge in [0, 0.05) is 11.6 Å². The molecule has 2 heterocycles. The summed E-state index contributed by atoms with van der Waals surface area (Å²) in [6, 6.07) is 19.8. The van der Waals surface area contributed by atoms with Crippen molar-refractivity contribution in [3.63, 3.8) is 0 Å². The molecule has 0 atom stereocenters. The van der Waals surface area contributed by atoms with Gasteiger partial charge < -0.3 is 9.73 Å². The molecule has 1 saturated heterocycles. The van der Waals surface area contributed by atoms with Gasteiger partial charge >= 0.3 is 6.03 Å². The monoisotopic (exact) mass is 383 g/mol. The lowest BCUT2D eigenvalue weighted by atomic mass is 10.1. The number of aryl methyl sites for hydroxylation is 1. The molecule has 0 bridgehead atoms. The molecule has 1 fully saturated rings. The molecule has 0 aliphatic carbocycles. The van der Waals surface area contributed by atoms with Gasteiger partial charge in [-0.15, -0.1) is 0 Å².